The van der Waals surface area contributed by atoms with E-state index < -0.39 is 0 Å². The summed E-state index contributed by atoms with van der Waals surface area (Å²) in [6.07, 6.45) is 4.14. The summed E-state index contributed by atoms with van der Waals surface area (Å²) in [6, 6.07) is 10.9. The second kappa shape index (κ2) is 5.32. The Labute approximate surface area is 118 Å². The molecule has 98 valence electrons. The van der Waals surface area contributed by atoms with Crippen molar-refractivity contribution in [2.75, 3.05) is 6.54 Å². The van der Waals surface area contributed by atoms with E-state index in [0.717, 1.165) is 23.1 Å². The lowest BCUT2D eigenvalue weighted by atomic mass is 10.1. The van der Waals surface area contributed by atoms with Crippen LogP contribution in [0, 0.1) is 0 Å². The predicted octanol–water partition coefficient (Wildman–Crippen LogP) is 3.16. The molecular weight excluding hydrogens is 288 g/mol. The molecule has 3 rings (SSSR count). The number of hydrogen-bond donors (Lipinski definition) is 1. The standard InChI is InChI=1S/C15H21BrN2/c1-11-8-14(10-18(11)15-6-7-15)17-9-12-2-4-13(16)5-3-12/h2-5,11,14-15,17H,6-10H2,1H3. The minimum atomic E-state index is 0.671. The fraction of sp³-hybridized carbons (Fsp3) is 0.600. The predicted molar refractivity (Wildman–Crippen MR) is 78.6 cm³/mol. The van der Waals surface area contributed by atoms with Crippen LogP contribution in [-0.2, 0) is 6.54 Å². The van der Waals surface area contributed by atoms with Gasteiger partial charge in [-0.25, -0.2) is 0 Å². The molecule has 2 fully saturated rings. The Morgan fingerprint density at radius 3 is 2.67 bits per heavy atom. The Morgan fingerprint density at radius 2 is 2.00 bits per heavy atom. The molecule has 0 amide bonds. The largest absolute Gasteiger partial charge is 0.309 e. The van der Waals surface area contributed by atoms with Crippen LogP contribution in [0.3, 0.4) is 0 Å². The minimum Gasteiger partial charge on any atom is -0.309 e. The summed E-state index contributed by atoms with van der Waals surface area (Å²) >= 11 is 3.47. The first kappa shape index (κ1) is 12.6. The lowest BCUT2D eigenvalue weighted by Gasteiger charge is -2.19. The summed E-state index contributed by atoms with van der Waals surface area (Å²) in [4.78, 5) is 2.69. The van der Waals surface area contributed by atoms with Gasteiger partial charge in [0, 0.05) is 35.7 Å². The summed E-state index contributed by atoms with van der Waals surface area (Å²) < 4.78 is 1.15. The third kappa shape index (κ3) is 2.95. The second-order valence-electron chi connectivity index (χ2n) is 5.72. The average molecular weight is 309 g/mol. The highest BCUT2D eigenvalue weighted by molar-refractivity contribution is 9.10. The molecule has 0 bridgehead atoms. The van der Waals surface area contributed by atoms with Gasteiger partial charge in [0.25, 0.3) is 0 Å². The zero-order valence-corrected chi connectivity index (χ0v) is 12.5. The van der Waals surface area contributed by atoms with Gasteiger partial charge in [0.15, 0.2) is 0 Å². The summed E-state index contributed by atoms with van der Waals surface area (Å²) in [5, 5.41) is 3.70. The maximum Gasteiger partial charge on any atom is 0.0213 e. The number of nitrogens with zero attached hydrogens (tertiary/aromatic N) is 1. The molecule has 1 aromatic rings. The van der Waals surface area contributed by atoms with Crippen molar-refractivity contribution in [1.82, 2.24) is 10.2 Å². The molecule has 1 aliphatic heterocycles. The van der Waals surface area contributed by atoms with Crippen molar-refractivity contribution in [3.8, 4) is 0 Å². The molecule has 1 saturated heterocycles. The number of hydrogen-bond acceptors (Lipinski definition) is 2. The Hall–Kier alpha value is -0.380. The van der Waals surface area contributed by atoms with E-state index in [0.29, 0.717) is 6.04 Å². The first-order chi connectivity index (χ1) is 8.72. The maximum absolute atomic E-state index is 3.70. The third-order valence-corrected chi connectivity index (χ3v) is 4.68. The Morgan fingerprint density at radius 1 is 1.28 bits per heavy atom. The van der Waals surface area contributed by atoms with Crippen molar-refractivity contribution in [3.63, 3.8) is 0 Å². The van der Waals surface area contributed by atoms with Crippen molar-refractivity contribution >= 4 is 15.9 Å². The fourth-order valence-corrected chi connectivity index (χ4v) is 3.25. The molecule has 1 saturated carbocycles. The molecular formula is C15H21BrN2. The van der Waals surface area contributed by atoms with Gasteiger partial charge in [-0.15, -0.1) is 0 Å². The lowest BCUT2D eigenvalue weighted by Crippen LogP contribution is -2.33. The van der Waals surface area contributed by atoms with Gasteiger partial charge in [-0.05, 0) is 43.9 Å². The highest BCUT2D eigenvalue weighted by Gasteiger charge is 2.38. The Bertz CT molecular complexity index is 399. The first-order valence-corrected chi connectivity index (χ1v) is 7.75. The van der Waals surface area contributed by atoms with Gasteiger partial charge in [0.2, 0.25) is 0 Å². The lowest BCUT2D eigenvalue weighted by molar-refractivity contribution is 0.255. The topological polar surface area (TPSA) is 15.3 Å². The molecule has 18 heavy (non-hydrogen) atoms. The molecule has 0 aromatic heterocycles. The van der Waals surface area contributed by atoms with E-state index in [1.807, 2.05) is 0 Å². The Balaban J connectivity index is 1.50. The van der Waals surface area contributed by atoms with Crippen LogP contribution < -0.4 is 5.32 Å². The number of rotatable bonds is 4. The van der Waals surface area contributed by atoms with Crippen LogP contribution in [0.1, 0.15) is 31.7 Å². The quantitative estimate of drug-likeness (QED) is 0.919. The van der Waals surface area contributed by atoms with E-state index in [2.05, 4.69) is 57.3 Å². The van der Waals surface area contributed by atoms with Crippen LogP contribution in [0.15, 0.2) is 28.7 Å². The number of halogens is 1. The van der Waals surface area contributed by atoms with Crippen LogP contribution >= 0.6 is 15.9 Å². The van der Waals surface area contributed by atoms with Crippen LogP contribution in [0.4, 0.5) is 0 Å². The van der Waals surface area contributed by atoms with Gasteiger partial charge in [-0.3, -0.25) is 4.90 Å². The van der Waals surface area contributed by atoms with Gasteiger partial charge < -0.3 is 5.32 Å². The molecule has 1 N–H and O–H groups in total. The zero-order chi connectivity index (χ0) is 12.5. The SMILES string of the molecule is CC1CC(NCc2ccc(Br)cc2)CN1C1CC1. The minimum absolute atomic E-state index is 0.671. The van der Waals surface area contributed by atoms with E-state index in [1.54, 1.807) is 0 Å². The second-order valence-corrected chi connectivity index (χ2v) is 6.63. The summed E-state index contributed by atoms with van der Waals surface area (Å²) in [5.74, 6) is 0. The van der Waals surface area contributed by atoms with Crippen molar-refractivity contribution < 1.29 is 0 Å². The highest BCUT2D eigenvalue weighted by atomic mass is 79.9. The molecule has 3 heteroatoms. The normalized spacial score (nSPS) is 28.8. The number of likely N-dealkylation sites (tertiary alicyclic amines) is 1. The van der Waals surface area contributed by atoms with Gasteiger partial charge in [0.05, 0.1) is 0 Å². The molecule has 1 heterocycles. The summed E-state index contributed by atoms with van der Waals surface area (Å²) in [7, 11) is 0. The van der Waals surface area contributed by atoms with Crippen LogP contribution in [-0.4, -0.2) is 29.6 Å². The highest BCUT2D eigenvalue weighted by Crippen LogP contribution is 2.33. The van der Waals surface area contributed by atoms with Crippen molar-refractivity contribution in [1.29, 1.82) is 0 Å². The smallest absolute Gasteiger partial charge is 0.0213 e. The molecule has 2 unspecified atom stereocenters. The third-order valence-electron chi connectivity index (χ3n) is 4.15. The van der Waals surface area contributed by atoms with Gasteiger partial charge >= 0.3 is 0 Å². The number of benzene rings is 1. The van der Waals surface area contributed by atoms with Crippen LogP contribution in [0.2, 0.25) is 0 Å². The first-order valence-electron chi connectivity index (χ1n) is 6.96. The van der Waals surface area contributed by atoms with Gasteiger partial charge in [0.1, 0.15) is 0 Å². The van der Waals surface area contributed by atoms with E-state index in [-0.39, 0.29) is 0 Å². The summed E-state index contributed by atoms with van der Waals surface area (Å²) in [6.45, 7) is 4.60. The molecule has 0 spiro atoms. The van der Waals surface area contributed by atoms with Crippen molar-refractivity contribution in [3.05, 3.63) is 34.3 Å². The Kier molecular flexibility index (Phi) is 3.73. The molecule has 0 radical (unpaired) electrons. The van der Waals surface area contributed by atoms with E-state index in [4.69, 9.17) is 0 Å². The molecule has 2 nitrogen and oxygen atoms in total. The molecule has 1 aromatic carbocycles. The van der Waals surface area contributed by atoms with Crippen molar-refractivity contribution in [2.45, 2.75) is 50.9 Å². The van der Waals surface area contributed by atoms with Crippen LogP contribution in [0.5, 0.6) is 0 Å². The summed E-state index contributed by atoms with van der Waals surface area (Å²) in [5.41, 5.74) is 1.37. The molecule has 1 aliphatic carbocycles. The molecule has 2 atom stereocenters. The maximum atomic E-state index is 3.70. The monoisotopic (exact) mass is 308 g/mol. The molecule has 2 aliphatic rings. The van der Waals surface area contributed by atoms with Gasteiger partial charge in [-0.2, -0.15) is 0 Å². The van der Waals surface area contributed by atoms with E-state index >= 15 is 0 Å². The van der Waals surface area contributed by atoms with Crippen LogP contribution in [0.25, 0.3) is 0 Å². The van der Waals surface area contributed by atoms with E-state index in [9.17, 15) is 0 Å². The van der Waals surface area contributed by atoms with E-state index in [1.165, 1.54) is 31.4 Å². The fourth-order valence-electron chi connectivity index (χ4n) is 2.98. The zero-order valence-electron chi connectivity index (χ0n) is 10.9. The number of nitrogens with one attached hydrogen (secondary N) is 1. The van der Waals surface area contributed by atoms with Crippen molar-refractivity contribution in [2.24, 2.45) is 0 Å². The van der Waals surface area contributed by atoms with Gasteiger partial charge in [-0.1, -0.05) is 28.1 Å². The average Bonchev–Trinajstić information content (AvgIpc) is 3.13.